The summed E-state index contributed by atoms with van der Waals surface area (Å²) >= 11 is 1.34. The molecule has 0 radical (unpaired) electrons. The van der Waals surface area contributed by atoms with E-state index in [0.29, 0.717) is 10.4 Å². The minimum absolute atomic E-state index is 0.0219. The minimum Gasteiger partial charge on any atom is -0.458 e. The van der Waals surface area contributed by atoms with E-state index in [0.717, 1.165) is 41.5 Å². The molecule has 1 aliphatic rings. The predicted octanol–water partition coefficient (Wildman–Crippen LogP) is 4.30. The zero-order valence-electron chi connectivity index (χ0n) is 12.8. The number of fused-ring (bicyclic) bond motifs is 1. The Bertz CT molecular complexity index is 729. The first-order chi connectivity index (χ1) is 10.6. The van der Waals surface area contributed by atoms with E-state index in [-0.39, 0.29) is 17.9 Å². The number of aryl methyl sites for hydroxylation is 1. The lowest BCUT2D eigenvalue weighted by atomic mass is 9.98. The van der Waals surface area contributed by atoms with E-state index < -0.39 is 0 Å². The van der Waals surface area contributed by atoms with Gasteiger partial charge in [0.2, 0.25) is 0 Å². The molecular weight excluding hydrogens is 298 g/mol. The Morgan fingerprint density at radius 1 is 1.27 bits per heavy atom. The molecule has 2 heterocycles. The number of thiophene rings is 1. The summed E-state index contributed by atoms with van der Waals surface area (Å²) in [5.41, 5.74) is 1.43. The largest absolute Gasteiger partial charge is 0.458 e. The van der Waals surface area contributed by atoms with Gasteiger partial charge >= 0.3 is 5.97 Å². The van der Waals surface area contributed by atoms with Gasteiger partial charge in [-0.15, -0.1) is 11.3 Å². The summed E-state index contributed by atoms with van der Waals surface area (Å²) in [6.07, 6.45) is 7.03. The third kappa shape index (κ3) is 2.90. The number of nitrogens with zero attached hydrogens (tertiary/aromatic N) is 1. The van der Waals surface area contributed by atoms with E-state index in [1.54, 1.807) is 6.20 Å². The van der Waals surface area contributed by atoms with Gasteiger partial charge in [0, 0.05) is 17.1 Å². The van der Waals surface area contributed by atoms with E-state index in [9.17, 15) is 9.59 Å². The highest BCUT2D eigenvalue weighted by atomic mass is 32.1. The second kappa shape index (κ2) is 6.16. The Labute approximate surface area is 133 Å². The van der Waals surface area contributed by atoms with Gasteiger partial charge in [0.25, 0.3) is 0 Å². The fraction of sp³-hybridized carbons (Fsp3) is 0.471. The Balaban J connectivity index is 1.88. The predicted molar refractivity (Wildman–Crippen MR) is 86.7 cm³/mol. The van der Waals surface area contributed by atoms with Crippen molar-refractivity contribution in [3.05, 3.63) is 28.3 Å². The number of rotatable bonds is 3. The smallest absolute Gasteiger partial charge is 0.348 e. The van der Waals surface area contributed by atoms with Crippen LogP contribution in [-0.4, -0.2) is 22.8 Å². The van der Waals surface area contributed by atoms with Crippen molar-refractivity contribution in [1.82, 2.24) is 4.98 Å². The number of carbonyl (C=O) groups excluding carboxylic acids is 2. The van der Waals surface area contributed by atoms with Gasteiger partial charge in [-0.1, -0.05) is 6.42 Å². The third-order valence-electron chi connectivity index (χ3n) is 4.21. The van der Waals surface area contributed by atoms with Gasteiger partial charge in [-0.2, -0.15) is 0 Å². The maximum absolute atomic E-state index is 12.4. The summed E-state index contributed by atoms with van der Waals surface area (Å²) in [5, 5.41) is 0.869. The van der Waals surface area contributed by atoms with Gasteiger partial charge < -0.3 is 4.74 Å². The van der Waals surface area contributed by atoms with E-state index in [1.807, 2.05) is 13.0 Å². The number of ether oxygens (including phenoxy) is 1. The SMILES string of the molecule is CC(=O)c1cnc2sc(C(=O)OC3CCCCC3)c(C)c2c1. The van der Waals surface area contributed by atoms with E-state index in [1.165, 1.54) is 24.7 Å². The van der Waals surface area contributed by atoms with Crippen LogP contribution in [0.15, 0.2) is 12.3 Å². The molecule has 22 heavy (non-hydrogen) atoms. The third-order valence-corrected chi connectivity index (χ3v) is 5.41. The summed E-state index contributed by atoms with van der Waals surface area (Å²) in [7, 11) is 0. The molecular formula is C17H19NO3S. The summed E-state index contributed by atoms with van der Waals surface area (Å²) in [6.45, 7) is 3.41. The average Bonchev–Trinajstić information content (AvgIpc) is 2.85. The van der Waals surface area contributed by atoms with Crippen LogP contribution in [0.3, 0.4) is 0 Å². The molecule has 2 aromatic heterocycles. The molecule has 1 saturated carbocycles. The number of pyridine rings is 1. The van der Waals surface area contributed by atoms with Crippen molar-refractivity contribution in [1.29, 1.82) is 0 Å². The fourth-order valence-electron chi connectivity index (χ4n) is 2.87. The molecule has 0 spiro atoms. The van der Waals surface area contributed by atoms with Crippen molar-refractivity contribution in [2.45, 2.75) is 52.1 Å². The van der Waals surface area contributed by atoms with E-state index in [4.69, 9.17) is 4.74 Å². The van der Waals surface area contributed by atoms with Crippen LogP contribution in [0, 0.1) is 6.92 Å². The maximum atomic E-state index is 12.4. The van der Waals surface area contributed by atoms with E-state index in [2.05, 4.69) is 4.98 Å². The number of hydrogen-bond donors (Lipinski definition) is 0. The molecule has 0 N–H and O–H groups in total. The van der Waals surface area contributed by atoms with Gasteiger partial charge in [0.05, 0.1) is 0 Å². The topological polar surface area (TPSA) is 56.3 Å². The highest BCUT2D eigenvalue weighted by Gasteiger charge is 2.23. The van der Waals surface area contributed by atoms with Crippen LogP contribution in [0.1, 0.15) is 64.6 Å². The molecule has 0 atom stereocenters. The molecule has 0 aromatic carbocycles. The molecule has 0 bridgehead atoms. The maximum Gasteiger partial charge on any atom is 0.348 e. The Hall–Kier alpha value is -1.75. The Morgan fingerprint density at radius 2 is 2.00 bits per heavy atom. The van der Waals surface area contributed by atoms with Crippen LogP contribution in [0.25, 0.3) is 10.2 Å². The summed E-state index contributed by atoms with van der Waals surface area (Å²) in [4.78, 5) is 29.6. The molecule has 0 amide bonds. The van der Waals surface area contributed by atoms with Crippen LogP contribution in [0.4, 0.5) is 0 Å². The first kappa shape index (κ1) is 15.2. The van der Waals surface area contributed by atoms with Crippen LogP contribution in [0.5, 0.6) is 0 Å². The zero-order chi connectivity index (χ0) is 15.7. The van der Waals surface area contributed by atoms with Crippen LogP contribution >= 0.6 is 11.3 Å². The van der Waals surface area contributed by atoms with Gasteiger partial charge in [-0.05, 0) is 51.2 Å². The van der Waals surface area contributed by atoms with Crippen molar-refractivity contribution < 1.29 is 14.3 Å². The lowest BCUT2D eigenvalue weighted by molar-refractivity contribution is 0.0216. The van der Waals surface area contributed by atoms with Gasteiger partial charge in [-0.25, -0.2) is 9.78 Å². The summed E-state index contributed by atoms with van der Waals surface area (Å²) < 4.78 is 5.64. The first-order valence-electron chi connectivity index (χ1n) is 7.67. The van der Waals surface area contributed by atoms with E-state index >= 15 is 0 Å². The average molecular weight is 317 g/mol. The van der Waals surface area contributed by atoms with Gasteiger partial charge in [0.15, 0.2) is 5.78 Å². The minimum atomic E-state index is -0.253. The highest BCUT2D eigenvalue weighted by molar-refractivity contribution is 7.20. The number of esters is 1. The Morgan fingerprint density at radius 3 is 2.68 bits per heavy atom. The number of Topliss-reactive ketones (excluding diaryl/α,β-unsaturated/α-hetero) is 1. The van der Waals surface area contributed by atoms with Crippen molar-refractivity contribution in [3.63, 3.8) is 0 Å². The second-order valence-electron chi connectivity index (χ2n) is 5.85. The molecule has 1 fully saturated rings. The van der Waals surface area contributed by atoms with Gasteiger partial charge in [-0.3, -0.25) is 4.79 Å². The highest BCUT2D eigenvalue weighted by Crippen LogP contribution is 2.31. The van der Waals surface area contributed by atoms with Crippen molar-refractivity contribution in [2.75, 3.05) is 0 Å². The van der Waals surface area contributed by atoms with Crippen molar-refractivity contribution in [3.8, 4) is 0 Å². The molecule has 3 rings (SSSR count). The number of ketones is 1. The molecule has 0 saturated heterocycles. The Kier molecular flexibility index (Phi) is 4.25. The molecule has 5 heteroatoms. The second-order valence-corrected chi connectivity index (χ2v) is 6.85. The standard InChI is InChI=1S/C17H19NO3S/c1-10-14-8-12(11(2)19)9-18-16(14)22-15(10)17(20)21-13-6-4-3-5-7-13/h8-9,13H,3-7H2,1-2H3. The lowest BCUT2D eigenvalue weighted by Gasteiger charge is -2.21. The molecule has 4 nitrogen and oxygen atoms in total. The van der Waals surface area contributed by atoms with Crippen molar-refractivity contribution >= 4 is 33.3 Å². The van der Waals surface area contributed by atoms with Gasteiger partial charge in [0.1, 0.15) is 15.8 Å². The summed E-state index contributed by atoms with van der Waals surface area (Å²) in [6, 6.07) is 1.81. The molecule has 0 aliphatic heterocycles. The molecule has 0 unspecified atom stereocenters. The number of aromatic nitrogens is 1. The quantitative estimate of drug-likeness (QED) is 0.625. The normalized spacial score (nSPS) is 15.9. The van der Waals surface area contributed by atoms with Crippen LogP contribution in [-0.2, 0) is 4.74 Å². The molecule has 116 valence electrons. The van der Waals surface area contributed by atoms with Crippen molar-refractivity contribution in [2.24, 2.45) is 0 Å². The monoisotopic (exact) mass is 317 g/mol. The summed E-state index contributed by atoms with van der Waals surface area (Å²) in [5.74, 6) is -0.275. The lowest BCUT2D eigenvalue weighted by Crippen LogP contribution is -2.20. The van der Waals surface area contributed by atoms with Crippen LogP contribution in [0.2, 0.25) is 0 Å². The first-order valence-corrected chi connectivity index (χ1v) is 8.49. The number of carbonyl (C=O) groups is 2. The number of hydrogen-bond acceptors (Lipinski definition) is 5. The zero-order valence-corrected chi connectivity index (χ0v) is 13.7. The fourth-order valence-corrected chi connectivity index (χ4v) is 3.89. The molecule has 2 aromatic rings. The van der Waals surface area contributed by atoms with Crippen LogP contribution < -0.4 is 0 Å². The molecule has 1 aliphatic carbocycles.